The van der Waals surface area contributed by atoms with Crippen molar-refractivity contribution in [3.8, 4) is 11.4 Å². The van der Waals surface area contributed by atoms with Crippen LogP contribution in [0.5, 0.6) is 0 Å². The summed E-state index contributed by atoms with van der Waals surface area (Å²) < 4.78 is 5.25. The molecule has 9 heteroatoms. The average molecular weight is 326 g/mol. The second kappa shape index (κ2) is 6.41. The molecule has 0 bridgehead atoms. The van der Waals surface area contributed by atoms with Crippen LogP contribution in [0, 0.1) is 17.0 Å². The van der Waals surface area contributed by atoms with E-state index in [0.29, 0.717) is 29.6 Å². The van der Waals surface area contributed by atoms with Crippen LogP contribution in [0.25, 0.3) is 11.4 Å². The van der Waals surface area contributed by atoms with E-state index in [4.69, 9.17) is 4.52 Å². The first-order valence-electron chi connectivity index (χ1n) is 7.10. The molecule has 0 atom stereocenters. The highest BCUT2D eigenvalue weighted by Gasteiger charge is 2.15. The first kappa shape index (κ1) is 15.5. The Morgan fingerprint density at radius 3 is 2.88 bits per heavy atom. The summed E-state index contributed by atoms with van der Waals surface area (Å²) in [6.45, 7) is 2.10. The van der Waals surface area contributed by atoms with Gasteiger partial charge >= 0.3 is 0 Å². The van der Waals surface area contributed by atoms with Crippen LogP contribution in [-0.4, -0.2) is 32.1 Å². The summed E-state index contributed by atoms with van der Waals surface area (Å²) in [4.78, 5) is 24.6. The number of hydrogen-bond acceptors (Lipinski definition) is 8. The number of rotatable bonds is 5. The molecule has 0 spiro atoms. The van der Waals surface area contributed by atoms with Crippen LogP contribution in [0.4, 0.5) is 11.5 Å². The second-order valence-corrected chi connectivity index (χ2v) is 5.20. The maximum absolute atomic E-state index is 10.8. The maximum atomic E-state index is 10.8. The van der Waals surface area contributed by atoms with E-state index in [2.05, 4.69) is 20.1 Å². The highest BCUT2D eigenvalue weighted by atomic mass is 16.6. The predicted octanol–water partition coefficient (Wildman–Crippen LogP) is 2.38. The first-order chi connectivity index (χ1) is 11.5. The Bertz CT molecular complexity index is 865. The molecule has 0 aliphatic heterocycles. The number of pyridine rings is 2. The van der Waals surface area contributed by atoms with Crippen molar-refractivity contribution in [2.24, 2.45) is 0 Å². The molecule has 0 saturated carbocycles. The summed E-state index contributed by atoms with van der Waals surface area (Å²) in [5.74, 6) is 1.48. The van der Waals surface area contributed by atoms with E-state index in [1.807, 2.05) is 6.07 Å². The Balaban J connectivity index is 1.77. The van der Waals surface area contributed by atoms with Crippen LogP contribution < -0.4 is 4.90 Å². The third-order valence-corrected chi connectivity index (χ3v) is 3.37. The number of anilines is 1. The van der Waals surface area contributed by atoms with E-state index in [1.165, 1.54) is 12.3 Å². The molecule has 3 rings (SSSR count). The first-order valence-corrected chi connectivity index (χ1v) is 7.10. The fourth-order valence-corrected chi connectivity index (χ4v) is 2.26. The lowest BCUT2D eigenvalue weighted by Crippen LogP contribution is -2.19. The van der Waals surface area contributed by atoms with Crippen LogP contribution in [0.3, 0.4) is 0 Å². The van der Waals surface area contributed by atoms with E-state index in [-0.39, 0.29) is 5.69 Å². The fourth-order valence-electron chi connectivity index (χ4n) is 2.26. The number of aromatic nitrogens is 4. The SMILES string of the molecule is Cc1cc([N+](=O)[O-])cnc1N(C)Cc1nc(-c2cccnc2)no1. The van der Waals surface area contributed by atoms with Gasteiger partial charge in [-0.1, -0.05) is 5.16 Å². The minimum absolute atomic E-state index is 0.0405. The van der Waals surface area contributed by atoms with Crippen molar-refractivity contribution in [3.63, 3.8) is 0 Å². The lowest BCUT2D eigenvalue weighted by atomic mass is 10.2. The van der Waals surface area contributed by atoms with Crippen molar-refractivity contribution >= 4 is 11.5 Å². The number of aryl methyl sites for hydroxylation is 1. The Labute approximate surface area is 137 Å². The van der Waals surface area contributed by atoms with E-state index in [0.717, 1.165) is 5.56 Å². The highest BCUT2D eigenvalue weighted by molar-refractivity contribution is 5.52. The lowest BCUT2D eigenvalue weighted by molar-refractivity contribution is -0.385. The smallest absolute Gasteiger partial charge is 0.287 e. The fraction of sp³-hybridized carbons (Fsp3) is 0.200. The molecule has 24 heavy (non-hydrogen) atoms. The van der Waals surface area contributed by atoms with Gasteiger partial charge in [0, 0.05) is 31.1 Å². The zero-order valence-corrected chi connectivity index (χ0v) is 13.1. The van der Waals surface area contributed by atoms with E-state index < -0.39 is 4.92 Å². The molecule has 9 nitrogen and oxygen atoms in total. The van der Waals surface area contributed by atoms with Gasteiger partial charge in [0.05, 0.1) is 11.5 Å². The summed E-state index contributed by atoms with van der Waals surface area (Å²) in [7, 11) is 1.80. The maximum Gasteiger partial charge on any atom is 0.287 e. The molecule has 3 heterocycles. The summed E-state index contributed by atoms with van der Waals surface area (Å²) >= 11 is 0. The molecule has 0 fully saturated rings. The second-order valence-electron chi connectivity index (χ2n) is 5.20. The zero-order chi connectivity index (χ0) is 17.1. The molecular weight excluding hydrogens is 312 g/mol. The highest BCUT2D eigenvalue weighted by Crippen LogP contribution is 2.22. The summed E-state index contributed by atoms with van der Waals surface area (Å²) in [6.07, 6.45) is 4.55. The number of nitro groups is 1. The molecule has 122 valence electrons. The summed E-state index contributed by atoms with van der Waals surface area (Å²) in [5.41, 5.74) is 1.42. The standard InChI is InChI=1S/C15H14N6O3/c1-10-6-12(21(22)23)8-17-15(10)20(2)9-13-18-14(19-24-13)11-4-3-5-16-7-11/h3-8H,9H2,1-2H3. The van der Waals surface area contributed by atoms with Gasteiger partial charge in [0.2, 0.25) is 11.7 Å². The van der Waals surface area contributed by atoms with Gasteiger partial charge in [0.1, 0.15) is 12.0 Å². The summed E-state index contributed by atoms with van der Waals surface area (Å²) in [5, 5.41) is 14.7. The molecular formula is C15H14N6O3. The summed E-state index contributed by atoms with van der Waals surface area (Å²) in [6, 6.07) is 5.11. The van der Waals surface area contributed by atoms with Gasteiger partial charge in [-0.25, -0.2) is 4.98 Å². The molecule has 0 saturated heterocycles. The zero-order valence-electron chi connectivity index (χ0n) is 13.1. The minimum Gasteiger partial charge on any atom is -0.350 e. The monoisotopic (exact) mass is 326 g/mol. The molecule has 0 aromatic carbocycles. The molecule has 3 aromatic heterocycles. The Morgan fingerprint density at radius 2 is 2.21 bits per heavy atom. The van der Waals surface area contributed by atoms with Gasteiger partial charge in [0.25, 0.3) is 5.69 Å². The lowest BCUT2D eigenvalue weighted by Gasteiger charge is -2.17. The predicted molar refractivity (Wildman–Crippen MR) is 85.3 cm³/mol. The van der Waals surface area contributed by atoms with Gasteiger partial charge in [-0.05, 0) is 24.6 Å². The minimum atomic E-state index is -0.470. The largest absolute Gasteiger partial charge is 0.350 e. The van der Waals surface area contributed by atoms with E-state index in [1.54, 1.807) is 37.3 Å². The molecule has 0 amide bonds. The molecule has 0 unspecified atom stereocenters. The Hall–Kier alpha value is -3.36. The van der Waals surface area contributed by atoms with Crippen LogP contribution in [0.15, 0.2) is 41.3 Å². The average Bonchev–Trinajstić information content (AvgIpc) is 3.03. The van der Waals surface area contributed by atoms with Crippen molar-refractivity contribution in [1.82, 2.24) is 20.1 Å². The quantitative estimate of drug-likeness (QED) is 0.519. The van der Waals surface area contributed by atoms with Crippen LogP contribution in [0.2, 0.25) is 0 Å². The van der Waals surface area contributed by atoms with Crippen molar-refractivity contribution in [3.05, 3.63) is 58.4 Å². The van der Waals surface area contributed by atoms with E-state index >= 15 is 0 Å². The molecule has 0 aliphatic rings. The van der Waals surface area contributed by atoms with E-state index in [9.17, 15) is 10.1 Å². The van der Waals surface area contributed by atoms with Crippen molar-refractivity contribution in [1.29, 1.82) is 0 Å². The van der Waals surface area contributed by atoms with Crippen LogP contribution >= 0.6 is 0 Å². The molecule has 0 radical (unpaired) electrons. The molecule has 0 aliphatic carbocycles. The topological polar surface area (TPSA) is 111 Å². The van der Waals surface area contributed by atoms with Gasteiger partial charge < -0.3 is 9.42 Å². The Kier molecular flexibility index (Phi) is 4.15. The number of nitrogens with zero attached hydrogens (tertiary/aromatic N) is 6. The third-order valence-electron chi connectivity index (χ3n) is 3.37. The van der Waals surface area contributed by atoms with Crippen molar-refractivity contribution in [2.75, 3.05) is 11.9 Å². The van der Waals surface area contributed by atoms with Gasteiger partial charge in [-0.2, -0.15) is 4.98 Å². The van der Waals surface area contributed by atoms with Crippen LogP contribution in [0.1, 0.15) is 11.5 Å². The Morgan fingerprint density at radius 1 is 1.38 bits per heavy atom. The third kappa shape index (κ3) is 3.19. The molecule has 0 N–H and O–H groups in total. The van der Waals surface area contributed by atoms with Gasteiger partial charge in [-0.3, -0.25) is 15.1 Å². The van der Waals surface area contributed by atoms with Gasteiger partial charge in [0.15, 0.2) is 0 Å². The molecule has 3 aromatic rings. The van der Waals surface area contributed by atoms with Crippen molar-refractivity contribution < 1.29 is 9.45 Å². The van der Waals surface area contributed by atoms with Gasteiger partial charge in [-0.15, -0.1) is 0 Å². The normalized spacial score (nSPS) is 10.6. The number of hydrogen-bond donors (Lipinski definition) is 0. The van der Waals surface area contributed by atoms with Crippen LogP contribution in [-0.2, 0) is 6.54 Å². The van der Waals surface area contributed by atoms with Crippen molar-refractivity contribution in [2.45, 2.75) is 13.5 Å².